The number of hydrogen-bond acceptors (Lipinski definition) is 8. The molecule has 0 bridgehead atoms. The molecule has 0 saturated carbocycles. The lowest BCUT2D eigenvalue weighted by Crippen LogP contribution is -2.08. The molecule has 0 radical (unpaired) electrons. The molecular formula is C19H20N4O3S2. The maximum atomic E-state index is 11.2. The van der Waals surface area contributed by atoms with Gasteiger partial charge in [0, 0.05) is 12.0 Å². The average Bonchev–Trinajstić information content (AvgIpc) is 3.11. The van der Waals surface area contributed by atoms with Crippen LogP contribution in [0.5, 0.6) is 5.75 Å². The Bertz CT molecular complexity index is 1070. The molecule has 146 valence electrons. The molecule has 0 unspecified atom stereocenters. The van der Waals surface area contributed by atoms with Gasteiger partial charge in [0.05, 0.1) is 6.26 Å². The molecule has 0 fully saturated rings. The second-order valence-electron chi connectivity index (χ2n) is 6.14. The molecule has 7 nitrogen and oxygen atoms in total. The summed E-state index contributed by atoms with van der Waals surface area (Å²) >= 11 is 1.42. The summed E-state index contributed by atoms with van der Waals surface area (Å²) in [6.45, 7) is 2.12. The van der Waals surface area contributed by atoms with E-state index < -0.39 is 10.1 Å². The number of aryl methyl sites for hydroxylation is 1. The van der Waals surface area contributed by atoms with Crippen molar-refractivity contribution in [1.29, 1.82) is 0 Å². The van der Waals surface area contributed by atoms with E-state index in [4.69, 9.17) is 10.0 Å². The third kappa shape index (κ3) is 5.14. The second-order valence-corrected chi connectivity index (χ2v) is 8.77. The van der Waals surface area contributed by atoms with Crippen LogP contribution in [0.3, 0.4) is 0 Å². The normalized spacial score (nSPS) is 12.1. The van der Waals surface area contributed by atoms with Crippen LogP contribution in [0.4, 0.5) is 0 Å². The first-order valence-electron chi connectivity index (χ1n) is 8.56. The van der Waals surface area contributed by atoms with E-state index in [2.05, 4.69) is 46.5 Å². The van der Waals surface area contributed by atoms with Crippen LogP contribution in [-0.4, -0.2) is 30.6 Å². The summed E-state index contributed by atoms with van der Waals surface area (Å²) in [5, 5.41) is 13.7. The summed E-state index contributed by atoms with van der Waals surface area (Å²) in [6.07, 6.45) is 2.68. The maximum absolute atomic E-state index is 11.2. The van der Waals surface area contributed by atoms with Gasteiger partial charge in [0.2, 0.25) is 0 Å². The smallest absolute Gasteiger partial charge is 0.306 e. The molecule has 9 heteroatoms. The standard InChI is InChI=1S/C19H20N4O3S2/c1-3-13-4-6-14(7-5-13)12-17-22-23-19(27-17)18(21-20)15-8-10-16(11-9-15)26-28(2,24)25/h4-11H,3,12,20H2,1-2H3. The zero-order valence-electron chi connectivity index (χ0n) is 15.5. The number of hydrogen-bond donors (Lipinski definition) is 1. The third-order valence-electron chi connectivity index (χ3n) is 3.96. The number of nitrogens with zero attached hydrogens (tertiary/aromatic N) is 3. The van der Waals surface area contributed by atoms with Crippen LogP contribution < -0.4 is 10.0 Å². The highest BCUT2D eigenvalue weighted by atomic mass is 32.2. The monoisotopic (exact) mass is 416 g/mol. The fraction of sp³-hybridized carbons (Fsp3) is 0.211. The molecule has 0 spiro atoms. The molecule has 0 aliphatic heterocycles. The fourth-order valence-corrected chi connectivity index (χ4v) is 3.94. The highest BCUT2D eigenvalue weighted by molar-refractivity contribution is 7.86. The van der Waals surface area contributed by atoms with Gasteiger partial charge in [0.15, 0.2) is 5.01 Å². The van der Waals surface area contributed by atoms with Crippen molar-refractivity contribution in [2.45, 2.75) is 19.8 Å². The lowest BCUT2D eigenvalue weighted by molar-refractivity contribution is 0.493. The maximum Gasteiger partial charge on any atom is 0.306 e. The molecule has 0 amide bonds. The molecule has 1 heterocycles. The van der Waals surface area contributed by atoms with Gasteiger partial charge in [0.25, 0.3) is 0 Å². The average molecular weight is 417 g/mol. The second kappa shape index (κ2) is 8.49. The Labute approximate surface area is 168 Å². The van der Waals surface area contributed by atoms with Crippen molar-refractivity contribution >= 4 is 27.2 Å². The minimum atomic E-state index is -3.57. The Morgan fingerprint density at radius 1 is 1.07 bits per heavy atom. The van der Waals surface area contributed by atoms with E-state index in [-0.39, 0.29) is 5.75 Å². The molecule has 0 aliphatic rings. The summed E-state index contributed by atoms with van der Waals surface area (Å²) in [6, 6.07) is 14.9. The van der Waals surface area contributed by atoms with Crippen molar-refractivity contribution in [2.75, 3.05) is 6.26 Å². The highest BCUT2D eigenvalue weighted by Gasteiger charge is 2.14. The van der Waals surface area contributed by atoms with Gasteiger partial charge in [-0.3, -0.25) is 0 Å². The molecule has 0 saturated heterocycles. The summed E-state index contributed by atoms with van der Waals surface area (Å²) < 4.78 is 27.2. The topological polar surface area (TPSA) is 108 Å². The molecule has 3 rings (SSSR count). The summed E-state index contributed by atoms with van der Waals surface area (Å²) in [4.78, 5) is 0. The van der Waals surface area contributed by atoms with Crippen LogP contribution in [0, 0.1) is 0 Å². The SMILES string of the molecule is CCc1ccc(Cc2nnc(C(=NN)c3ccc(OS(C)(=O)=O)cc3)s2)cc1. The number of benzene rings is 2. The first-order valence-corrected chi connectivity index (χ1v) is 11.2. The molecule has 28 heavy (non-hydrogen) atoms. The Morgan fingerprint density at radius 2 is 1.71 bits per heavy atom. The van der Waals surface area contributed by atoms with Gasteiger partial charge in [-0.25, -0.2) is 0 Å². The Morgan fingerprint density at radius 3 is 2.29 bits per heavy atom. The predicted octanol–water partition coefficient (Wildman–Crippen LogP) is 2.74. The van der Waals surface area contributed by atoms with Crippen molar-refractivity contribution in [1.82, 2.24) is 10.2 Å². The van der Waals surface area contributed by atoms with Crippen LogP contribution in [0.25, 0.3) is 0 Å². The quantitative estimate of drug-likeness (QED) is 0.275. The fourth-order valence-electron chi connectivity index (χ4n) is 2.58. The van der Waals surface area contributed by atoms with Crippen molar-refractivity contribution in [3.05, 3.63) is 75.2 Å². The number of hydrazone groups is 1. The first kappa shape index (κ1) is 20.0. The molecule has 0 atom stereocenters. The lowest BCUT2D eigenvalue weighted by Gasteiger charge is -2.05. The van der Waals surface area contributed by atoms with Crippen LogP contribution in [-0.2, 0) is 23.0 Å². The molecule has 1 aromatic heterocycles. The van der Waals surface area contributed by atoms with Gasteiger partial charge in [0.1, 0.15) is 16.5 Å². The van der Waals surface area contributed by atoms with Gasteiger partial charge in [-0.1, -0.05) is 42.5 Å². The van der Waals surface area contributed by atoms with E-state index in [1.165, 1.54) is 16.9 Å². The molecule has 2 aromatic carbocycles. The van der Waals surface area contributed by atoms with Crippen LogP contribution in [0.1, 0.15) is 33.6 Å². The number of rotatable bonds is 7. The van der Waals surface area contributed by atoms with E-state index >= 15 is 0 Å². The van der Waals surface area contributed by atoms with Crippen molar-refractivity contribution in [3.63, 3.8) is 0 Å². The Kier molecular flexibility index (Phi) is 6.05. The van der Waals surface area contributed by atoms with Crippen molar-refractivity contribution < 1.29 is 12.6 Å². The zero-order chi connectivity index (χ0) is 20.1. The minimum Gasteiger partial charge on any atom is -0.383 e. The van der Waals surface area contributed by atoms with Gasteiger partial charge in [-0.15, -0.1) is 10.2 Å². The van der Waals surface area contributed by atoms with Gasteiger partial charge < -0.3 is 10.0 Å². The van der Waals surface area contributed by atoms with Gasteiger partial charge in [-0.05, 0) is 41.8 Å². The predicted molar refractivity (Wildman–Crippen MR) is 110 cm³/mol. The minimum absolute atomic E-state index is 0.219. The van der Waals surface area contributed by atoms with Crippen molar-refractivity contribution in [3.8, 4) is 5.75 Å². The number of aromatic nitrogens is 2. The molecule has 0 aliphatic carbocycles. The molecule has 3 aromatic rings. The highest BCUT2D eigenvalue weighted by Crippen LogP contribution is 2.21. The number of nitrogens with two attached hydrogens (primary N) is 1. The van der Waals surface area contributed by atoms with E-state index in [9.17, 15) is 8.42 Å². The zero-order valence-corrected chi connectivity index (χ0v) is 17.1. The summed E-state index contributed by atoms with van der Waals surface area (Å²) in [7, 11) is -3.57. The van der Waals surface area contributed by atoms with Crippen LogP contribution in [0.15, 0.2) is 53.6 Å². The van der Waals surface area contributed by atoms with E-state index in [0.29, 0.717) is 22.7 Å². The lowest BCUT2D eigenvalue weighted by atomic mass is 10.1. The Balaban J connectivity index is 1.76. The van der Waals surface area contributed by atoms with Gasteiger partial charge >= 0.3 is 10.1 Å². The van der Waals surface area contributed by atoms with E-state index in [1.807, 2.05) is 0 Å². The van der Waals surface area contributed by atoms with E-state index in [0.717, 1.165) is 23.2 Å². The van der Waals surface area contributed by atoms with Crippen LogP contribution in [0.2, 0.25) is 0 Å². The largest absolute Gasteiger partial charge is 0.383 e. The van der Waals surface area contributed by atoms with Crippen LogP contribution >= 0.6 is 11.3 Å². The summed E-state index contributed by atoms with van der Waals surface area (Å²) in [5.74, 6) is 5.79. The first-order chi connectivity index (χ1) is 13.4. The Hall–Kier alpha value is -2.78. The van der Waals surface area contributed by atoms with Gasteiger partial charge in [-0.2, -0.15) is 13.5 Å². The molecular weight excluding hydrogens is 396 g/mol. The summed E-state index contributed by atoms with van der Waals surface area (Å²) in [5.41, 5.74) is 3.63. The van der Waals surface area contributed by atoms with E-state index in [1.54, 1.807) is 24.3 Å². The molecule has 2 N–H and O–H groups in total. The van der Waals surface area contributed by atoms with Crippen molar-refractivity contribution in [2.24, 2.45) is 10.9 Å². The third-order valence-corrected chi connectivity index (χ3v) is 5.39.